The number of hydrazine groups is 1. The Bertz CT molecular complexity index is 399. The van der Waals surface area contributed by atoms with Gasteiger partial charge < -0.3 is 15.1 Å². The molecular weight excluding hydrogens is 254 g/mol. The predicted molar refractivity (Wildman–Crippen MR) is 82.4 cm³/mol. The summed E-state index contributed by atoms with van der Waals surface area (Å²) in [5, 5.41) is 0. The Morgan fingerprint density at radius 3 is 2.25 bits per heavy atom. The Morgan fingerprint density at radius 1 is 1.20 bits per heavy atom. The number of anilines is 2. The Balaban J connectivity index is 3.06. The fraction of sp³-hybridized carbons (Fsp3) is 0.714. The van der Waals surface area contributed by atoms with Crippen LogP contribution in [-0.2, 0) is 11.3 Å². The van der Waals surface area contributed by atoms with E-state index in [1.807, 2.05) is 6.07 Å². The second-order valence-electron chi connectivity index (χ2n) is 5.80. The lowest BCUT2D eigenvalue weighted by Crippen LogP contribution is -2.32. The average molecular weight is 281 g/mol. The normalized spacial score (nSPS) is 11.2. The lowest BCUT2D eigenvalue weighted by Gasteiger charge is -2.28. The molecule has 1 rings (SSSR count). The molecule has 6 heteroatoms. The summed E-state index contributed by atoms with van der Waals surface area (Å²) in [4.78, 5) is 11.1. The fourth-order valence-electron chi connectivity index (χ4n) is 2.06. The second kappa shape index (κ2) is 8.01. The zero-order valence-electron chi connectivity index (χ0n) is 13.2. The third kappa shape index (κ3) is 5.30. The molecule has 0 bridgehead atoms. The highest BCUT2D eigenvalue weighted by Crippen LogP contribution is 2.18. The highest BCUT2D eigenvalue weighted by atomic mass is 16.5. The molecule has 3 N–H and O–H groups in total. The fourth-order valence-corrected chi connectivity index (χ4v) is 2.06. The van der Waals surface area contributed by atoms with E-state index in [4.69, 9.17) is 10.6 Å². The number of nitrogens with zero attached hydrogens (tertiary/aromatic N) is 3. The van der Waals surface area contributed by atoms with E-state index in [1.54, 1.807) is 7.11 Å². The number of hydrogen-bond acceptors (Lipinski definition) is 6. The van der Waals surface area contributed by atoms with Crippen LogP contribution in [0.2, 0.25) is 0 Å². The first kappa shape index (κ1) is 16.7. The molecule has 20 heavy (non-hydrogen) atoms. The van der Waals surface area contributed by atoms with Crippen LogP contribution in [-0.4, -0.2) is 30.2 Å². The smallest absolute Gasteiger partial charge is 0.158 e. The van der Waals surface area contributed by atoms with Crippen molar-refractivity contribution in [2.24, 2.45) is 17.7 Å². The van der Waals surface area contributed by atoms with Crippen molar-refractivity contribution < 1.29 is 4.74 Å². The van der Waals surface area contributed by atoms with Crippen molar-refractivity contribution >= 4 is 11.6 Å². The molecule has 1 heterocycles. The zero-order chi connectivity index (χ0) is 15.1. The largest absolute Gasteiger partial charge is 0.377 e. The molecule has 6 nitrogen and oxygen atoms in total. The van der Waals surface area contributed by atoms with Gasteiger partial charge in [0, 0.05) is 26.3 Å². The van der Waals surface area contributed by atoms with Gasteiger partial charge in [-0.25, -0.2) is 15.8 Å². The molecule has 0 spiro atoms. The van der Waals surface area contributed by atoms with E-state index in [9.17, 15) is 0 Å². The molecule has 0 unspecified atom stereocenters. The molecule has 114 valence electrons. The summed E-state index contributed by atoms with van der Waals surface area (Å²) < 4.78 is 5.11. The predicted octanol–water partition coefficient (Wildman–Crippen LogP) is 2.03. The van der Waals surface area contributed by atoms with Gasteiger partial charge in [0.2, 0.25) is 0 Å². The Morgan fingerprint density at radius 2 is 1.80 bits per heavy atom. The van der Waals surface area contributed by atoms with E-state index in [-0.39, 0.29) is 0 Å². The van der Waals surface area contributed by atoms with Gasteiger partial charge in [0.05, 0.1) is 0 Å². The third-order valence-electron chi connectivity index (χ3n) is 2.68. The number of ether oxygens (including phenoxy) is 1. The van der Waals surface area contributed by atoms with Crippen molar-refractivity contribution in [3.63, 3.8) is 0 Å². The molecule has 0 fully saturated rings. The van der Waals surface area contributed by atoms with Gasteiger partial charge in [-0.05, 0) is 11.8 Å². The van der Waals surface area contributed by atoms with Crippen LogP contribution in [0.4, 0.5) is 11.6 Å². The first-order chi connectivity index (χ1) is 9.46. The van der Waals surface area contributed by atoms with Crippen LogP contribution in [0.5, 0.6) is 0 Å². The van der Waals surface area contributed by atoms with Crippen LogP contribution in [0, 0.1) is 11.8 Å². The van der Waals surface area contributed by atoms with Crippen LogP contribution >= 0.6 is 0 Å². The summed E-state index contributed by atoms with van der Waals surface area (Å²) in [6, 6.07) is 1.88. The van der Waals surface area contributed by atoms with Crippen LogP contribution < -0.4 is 16.2 Å². The topological polar surface area (TPSA) is 76.3 Å². The summed E-state index contributed by atoms with van der Waals surface area (Å²) in [5.74, 6) is 8.74. The molecule has 0 aliphatic carbocycles. The van der Waals surface area contributed by atoms with Crippen molar-refractivity contribution in [1.29, 1.82) is 0 Å². The monoisotopic (exact) mass is 281 g/mol. The lowest BCUT2D eigenvalue weighted by atomic mass is 10.1. The van der Waals surface area contributed by atoms with Crippen molar-refractivity contribution in [2.75, 3.05) is 30.5 Å². The van der Waals surface area contributed by atoms with Gasteiger partial charge in [0.1, 0.15) is 18.2 Å². The van der Waals surface area contributed by atoms with Gasteiger partial charge in [0.15, 0.2) is 5.82 Å². The minimum absolute atomic E-state index is 0.375. The highest BCUT2D eigenvalue weighted by Gasteiger charge is 2.14. The zero-order valence-corrected chi connectivity index (χ0v) is 13.2. The van der Waals surface area contributed by atoms with Gasteiger partial charge >= 0.3 is 0 Å². The van der Waals surface area contributed by atoms with Gasteiger partial charge in [-0.3, -0.25) is 0 Å². The molecule has 0 saturated heterocycles. The molecule has 0 aliphatic rings. The Kier molecular flexibility index (Phi) is 6.67. The van der Waals surface area contributed by atoms with Gasteiger partial charge in [-0.1, -0.05) is 27.7 Å². The van der Waals surface area contributed by atoms with Crippen LogP contribution in [0.1, 0.15) is 33.5 Å². The van der Waals surface area contributed by atoms with E-state index < -0.39 is 0 Å². The van der Waals surface area contributed by atoms with Gasteiger partial charge in [-0.2, -0.15) is 0 Å². The van der Waals surface area contributed by atoms with Crippen LogP contribution in [0.3, 0.4) is 0 Å². The third-order valence-corrected chi connectivity index (χ3v) is 2.68. The molecule has 0 saturated carbocycles. The number of methoxy groups -OCH3 is 1. The van der Waals surface area contributed by atoms with E-state index >= 15 is 0 Å². The highest BCUT2D eigenvalue weighted by molar-refractivity contribution is 5.49. The van der Waals surface area contributed by atoms with Gasteiger partial charge in [0.25, 0.3) is 0 Å². The second-order valence-corrected chi connectivity index (χ2v) is 5.80. The molecule has 0 radical (unpaired) electrons. The van der Waals surface area contributed by atoms with E-state index in [2.05, 4.69) is 48.0 Å². The maximum atomic E-state index is 5.49. The standard InChI is InChI=1S/C14H27N5O/c1-10(2)7-19(8-11(3)4)14-6-12(18-15)16-13(17-14)9-20-5/h6,10-11H,7-9,15H2,1-5H3,(H,16,17,18). The minimum atomic E-state index is 0.375. The average Bonchev–Trinajstić information content (AvgIpc) is 2.37. The van der Waals surface area contributed by atoms with Crippen LogP contribution in [0.25, 0.3) is 0 Å². The number of hydrogen-bond donors (Lipinski definition) is 2. The molecule has 0 aromatic carbocycles. The van der Waals surface area contributed by atoms with Gasteiger partial charge in [-0.15, -0.1) is 0 Å². The quantitative estimate of drug-likeness (QED) is 0.561. The molecule has 0 amide bonds. The van der Waals surface area contributed by atoms with E-state index in [0.717, 1.165) is 18.9 Å². The maximum Gasteiger partial charge on any atom is 0.158 e. The summed E-state index contributed by atoms with van der Waals surface area (Å²) in [6.45, 7) is 11.1. The first-order valence-electron chi connectivity index (χ1n) is 7.04. The number of nitrogens with one attached hydrogen (secondary N) is 1. The minimum Gasteiger partial charge on any atom is -0.377 e. The maximum absolute atomic E-state index is 5.49. The first-order valence-corrected chi connectivity index (χ1v) is 7.04. The molecule has 1 aromatic heterocycles. The summed E-state index contributed by atoms with van der Waals surface area (Å²) in [7, 11) is 1.63. The summed E-state index contributed by atoms with van der Waals surface area (Å²) >= 11 is 0. The number of nitrogen functional groups attached to an aromatic ring is 1. The summed E-state index contributed by atoms with van der Waals surface area (Å²) in [6.07, 6.45) is 0. The molecule has 0 aliphatic heterocycles. The summed E-state index contributed by atoms with van der Waals surface area (Å²) in [5.41, 5.74) is 2.59. The SMILES string of the molecule is COCc1nc(NN)cc(N(CC(C)C)CC(C)C)n1. The van der Waals surface area contributed by atoms with Crippen molar-refractivity contribution in [2.45, 2.75) is 34.3 Å². The van der Waals surface area contributed by atoms with Crippen molar-refractivity contribution in [3.05, 3.63) is 11.9 Å². The number of rotatable bonds is 8. The lowest BCUT2D eigenvalue weighted by molar-refractivity contribution is 0.178. The Labute approximate surface area is 121 Å². The van der Waals surface area contributed by atoms with Crippen molar-refractivity contribution in [1.82, 2.24) is 9.97 Å². The number of nitrogens with two attached hydrogens (primary N) is 1. The molecule has 1 aromatic rings. The molecule has 0 atom stereocenters. The van der Waals surface area contributed by atoms with E-state index in [1.165, 1.54) is 0 Å². The van der Waals surface area contributed by atoms with Crippen LogP contribution in [0.15, 0.2) is 6.07 Å². The number of aromatic nitrogens is 2. The Hall–Kier alpha value is -1.40. The van der Waals surface area contributed by atoms with E-state index in [0.29, 0.717) is 30.1 Å². The van der Waals surface area contributed by atoms with Crippen molar-refractivity contribution in [3.8, 4) is 0 Å². The molecular formula is C14H27N5O.